The van der Waals surface area contributed by atoms with Crippen molar-refractivity contribution in [2.45, 2.75) is 20.8 Å². The van der Waals surface area contributed by atoms with E-state index in [4.69, 9.17) is 0 Å². The smallest absolute Gasteiger partial charge is 0.201 e. The topological polar surface area (TPSA) is 8.29 Å². The molecule has 2 aromatic heterocycles. The minimum Gasteiger partial charge on any atom is -0.201 e. The molecular formula is C22H21N2+. The van der Waals surface area contributed by atoms with Gasteiger partial charge in [-0.25, -0.2) is 4.40 Å². The molecule has 0 atom stereocenters. The van der Waals surface area contributed by atoms with E-state index >= 15 is 0 Å². The van der Waals surface area contributed by atoms with Crippen molar-refractivity contribution in [2.24, 2.45) is 0 Å². The third-order valence-electron chi connectivity index (χ3n) is 4.54. The second-order valence-electron chi connectivity index (χ2n) is 6.44. The first-order valence-electron chi connectivity index (χ1n) is 8.30. The Balaban J connectivity index is 2.10. The molecule has 2 aromatic carbocycles. The van der Waals surface area contributed by atoms with Crippen LogP contribution in [0.3, 0.4) is 0 Å². The Morgan fingerprint density at radius 3 is 2.17 bits per heavy atom. The number of hydrogen-bond acceptors (Lipinski definition) is 0. The summed E-state index contributed by atoms with van der Waals surface area (Å²) < 4.78 is 4.52. The fourth-order valence-corrected chi connectivity index (χ4v) is 3.67. The van der Waals surface area contributed by atoms with Gasteiger partial charge in [0.25, 0.3) is 6.33 Å². The van der Waals surface area contributed by atoms with Gasteiger partial charge in [-0.15, -0.1) is 0 Å². The summed E-state index contributed by atoms with van der Waals surface area (Å²) in [5.41, 5.74) is 8.83. The van der Waals surface area contributed by atoms with Crippen LogP contribution < -0.4 is 4.57 Å². The lowest BCUT2D eigenvalue weighted by molar-refractivity contribution is -0.583. The van der Waals surface area contributed by atoms with Crippen molar-refractivity contribution in [3.05, 3.63) is 89.9 Å². The zero-order valence-corrected chi connectivity index (χ0v) is 14.3. The lowest BCUT2D eigenvalue weighted by Gasteiger charge is -2.10. The van der Waals surface area contributed by atoms with Crippen LogP contribution in [0.15, 0.2) is 73.2 Å². The second kappa shape index (κ2) is 5.64. The van der Waals surface area contributed by atoms with Crippen molar-refractivity contribution in [1.82, 2.24) is 4.40 Å². The minimum atomic E-state index is 1.21. The average Bonchev–Trinajstić information content (AvgIpc) is 2.93. The molecule has 0 unspecified atom stereocenters. The lowest BCUT2D eigenvalue weighted by Crippen LogP contribution is -2.33. The highest BCUT2D eigenvalue weighted by Crippen LogP contribution is 2.25. The molecule has 0 fully saturated rings. The Kier molecular flexibility index (Phi) is 3.46. The maximum atomic E-state index is 2.33. The first-order valence-corrected chi connectivity index (χ1v) is 8.30. The molecule has 118 valence electrons. The van der Waals surface area contributed by atoms with E-state index in [1.165, 1.54) is 39.2 Å². The molecule has 0 amide bonds. The van der Waals surface area contributed by atoms with Gasteiger partial charge < -0.3 is 0 Å². The lowest BCUT2D eigenvalue weighted by atomic mass is 10.0. The van der Waals surface area contributed by atoms with Crippen molar-refractivity contribution in [1.29, 1.82) is 0 Å². The number of imidazole rings is 1. The van der Waals surface area contributed by atoms with Gasteiger partial charge in [0.1, 0.15) is 5.69 Å². The van der Waals surface area contributed by atoms with E-state index in [0.717, 1.165) is 0 Å². The van der Waals surface area contributed by atoms with Crippen molar-refractivity contribution in [2.75, 3.05) is 0 Å². The van der Waals surface area contributed by atoms with Crippen LogP contribution in [0.5, 0.6) is 0 Å². The Morgan fingerprint density at radius 1 is 0.792 bits per heavy atom. The summed E-state index contributed by atoms with van der Waals surface area (Å²) in [7, 11) is 0. The van der Waals surface area contributed by atoms with E-state index in [2.05, 4.69) is 103 Å². The molecule has 4 aromatic rings. The van der Waals surface area contributed by atoms with Crippen LogP contribution in [0.1, 0.15) is 16.7 Å². The number of aromatic nitrogens is 2. The summed E-state index contributed by atoms with van der Waals surface area (Å²) in [4.78, 5) is 0. The predicted octanol–water partition coefficient (Wildman–Crippen LogP) is 4.81. The van der Waals surface area contributed by atoms with Crippen molar-refractivity contribution in [3.8, 4) is 16.9 Å². The van der Waals surface area contributed by atoms with Crippen molar-refractivity contribution < 1.29 is 4.57 Å². The van der Waals surface area contributed by atoms with Crippen LogP contribution in [-0.4, -0.2) is 4.40 Å². The standard InChI is InChI=1S/C22H21N2/c1-16-13-17(2)21(18(3)14-16)24-15-23-12-8-7-11-20(23)22(24)19-9-5-4-6-10-19/h4-15H,1-3H3/q+1. The molecule has 0 saturated carbocycles. The molecule has 0 aliphatic heterocycles. The quantitative estimate of drug-likeness (QED) is 0.469. The van der Waals surface area contributed by atoms with E-state index in [-0.39, 0.29) is 0 Å². The first kappa shape index (κ1) is 14.7. The van der Waals surface area contributed by atoms with Crippen LogP contribution in [0.2, 0.25) is 0 Å². The molecule has 24 heavy (non-hydrogen) atoms. The number of hydrogen-bond donors (Lipinski definition) is 0. The average molecular weight is 313 g/mol. The summed E-state index contributed by atoms with van der Waals surface area (Å²) in [6, 6.07) is 21.5. The first-order chi connectivity index (χ1) is 11.6. The van der Waals surface area contributed by atoms with Gasteiger partial charge >= 0.3 is 0 Å². The maximum absolute atomic E-state index is 2.33. The van der Waals surface area contributed by atoms with Gasteiger partial charge in [0.05, 0.1) is 6.20 Å². The third-order valence-corrected chi connectivity index (χ3v) is 4.54. The van der Waals surface area contributed by atoms with E-state index in [9.17, 15) is 0 Å². The monoisotopic (exact) mass is 313 g/mol. The maximum Gasteiger partial charge on any atom is 0.254 e. The van der Waals surface area contributed by atoms with E-state index < -0.39 is 0 Å². The number of aryl methyl sites for hydroxylation is 3. The largest absolute Gasteiger partial charge is 0.254 e. The van der Waals surface area contributed by atoms with E-state index in [1.807, 2.05) is 0 Å². The molecule has 0 N–H and O–H groups in total. The zero-order chi connectivity index (χ0) is 16.7. The fourth-order valence-electron chi connectivity index (χ4n) is 3.67. The van der Waals surface area contributed by atoms with Gasteiger partial charge in [-0.05, 0) is 44.0 Å². The molecule has 0 aliphatic rings. The Labute approximate surface area is 142 Å². The highest BCUT2D eigenvalue weighted by molar-refractivity contribution is 5.75. The number of benzene rings is 2. The van der Waals surface area contributed by atoms with Gasteiger partial charge in [0.15, 0.2) is 11.2 Å². The van der Waals surface area contributed by atoms with Crippen LogP contribution in [0, 0.1) is 20.8 Å². The van der Waals surface area contributed by atoms with Crippen molar-refractivity contribution >= 4 is 5.52 Å². The Hall–Kier alpha value is -2.87. The van der Waals surface area contributed by atoms with Gasteiger partial charge in [0, 0.05) is 5.56 Å². The molecule has 0 radical (unpaired) electrons. The summed E-state index contributed by atoms with van der Waals surface area (Å²) in [5, 5.41) is 0. The summed E-state index contributed by atoms with van der Waals surface area (Å²) in [6.07, 6.45) is 4.29. The summed E-state index contributed by atoms with van der Waals surface area (Å²) in [6.45, 7) is 6.54. The molecule has 2 heteroatoms. The number of fused-ring (bicyclic) bond motifs is 1. The Bertz CT molecular complexity index is 1000. The third kappa shape index (κ3) is 2.31. The molecule has 2 nitrogen and oxygen atoms in total. The molecule has 0 bridgehead atoms. The summed E-state index contributed by atoms with van der Waals surface area (Å²) in [5.74, 6) is 0. The SMILES string of the molecule is Cc1cc(C)c(-[n+]2cn3ccccc3c2-c2ccccc2)c(C)c1. The summed E-state index contributed by atoms with van der Waals surface area (Å²) >= 11 is 0. The predicted molar refractivity (Wildman–Crippen MR) is 98.6 cm³/mol. The van der Waals surface area contributed by atoms with Gasteiger partial charge in [0.2, 0.25) is 0 Å². The molecule has 0 spiro atoms. The van der Waals surface area contributed by atoms with Crippen LogP contribution in [-0.2, 0) is 0 Å². The Morgan fingerprint density at radius 2 is 1.46 bits per heavy atom. The number of nitrogens with zero attached hydrogens (tertiary/aromatic N) is 2. The van der Waals surface area contributed by atoms with Crippen LogP contribution >= 0.6 is 0 Å². The number of rotatable bonds is 2. The zero-order valence-electron chi connectivity index (χ0n) is 14.3. The van der Waals surface area contributed by atoms with Crippen molar-refractivity contribution in [3.63, 3.8) is 0 Å². The van der Waals surface area contributed by atoms with E-state index in [1.54, 1.807) is 0 Å². The fraction of sp³-hybridized carbons (Fsp3) is 0.136. The highest BCUT2D eigenvalue weighted by Gasteiger charge is 2.23. The molecule has 4 rings (SSSR count). The highest BCUT2D eigenvalue weighted by atomic mass is 15.1. The van der Waals surface area contributed by atoms with Gasteiger partial charge in [-0.3, -0.25) is 0 Å². The van der Waals surface area contributed by atoms with Crippen LogP contribution in [0.4, 0.5) is 0 Å². The normalized spacial score (nSPS) is 11.1. The molecule has 2 heterocycles. The van der Waals surface area contributed by atoms with Gasteiger partial charge in [-0.2, -0.15) is 4.57 Å². The molecule has 0 aliphatic carbocycles. The minimum absolute atomic E-state index is 1.21. The molecular weight excluding hydrogens is 292 g/mol. The van der Waals surface area contributed by atoms with Gasteiger partial charge in [-0.1, -0.05) is 54.1 Å². The number of pyridine rings is 1. The molecule has 0 saturated heterocycles. The van der Waals surface area contributed by atoms with Crippen LogP contribution in [0.25, 0.3) is 22.5 Å². The second-order valence-corrected chi connectivity index (χ2v) is 6.44. The van der Waals surface area contributed by atoms with E-state index in [0.29, 0.717) is 0 Å².